The molecule has 0 heterocycles. The van der Waals surface area contributed by atoms with Gasteiger partial charge in [0.1, 0.15) is 0 Å². The summed E-state index contributed by atoms with van der Waals surface area (Å²) in [6.07, 6.45) is 0. The van der Waals surface area contributed by atoms with Gasteiger partial charge in [-0.2, -0.15) is 0 Å². The van der Waals surface area contributed by atoms with Gasteiger partial charge in [0.15, 0.2) is 0 Å². The zero-order valence-electron chi connectivity index (χ0n) is 17.6. The predicted octanol–water partition coefficient (Wildman–Crippen LogP) is -24.7. The summed E-state index contributed by atoms with van der Waals surface area (Å²) in [5.74, 6) is 0. The third-order valence-corrected chi connectivity index (χ3v) is 0. The van der Waals surface area contributed by atoms with E-state index in [2.05, 4.69) is 0 Å². The van der Waals surface area contributed by atoms with E-state index in [1.165, 1.54) is 0 Å². The molecule has 24 nitrogen and oxygen atoms in total. The zero-order valence-corrected chi connectivity index (χ0v) is 29.6. The smallest absolute Gasteiger partial charge is 1.00 e. The average Bonchev–Trinajstić information content (AvgIpc) is 1.94. The maximum Gasteiger partial charge on any atom is 2.00 e. The second kappa shape index (κ2) is 44.1. The Bertz CT molecular complexity index is 492. The number of rotatable bonds is 0. The Hall–Kier alpha value is 4.02. The molecule has 0 aromatic carbocycles. The Labute approximate surface area is 300 Å². The van der Waals surface area contributed by atoms with Crippen LogP contribution in [0.5, 0.6) is 0 Å². The molecule has 0 saturated heterocycles. The van der Waals surface area contributed by atoms with Crippen molar-refractivity contribution in [1.29, 1.82) is 0 Å². The van der Waals surface area contributed by atoms with Crippen LogP contribution in [-0.4, -0.2) is 201 Å². The number of phosphoric acid groups is 6. The summed E-state index contributed by atoms with van der Waals surface area (Å²) in [4.78, 5) is 129. The van der Waals surface area contributed by atoms with E-state index in [0.717, 1.165) is 0 Å². The molecule has 0 saturated carbocycles. The van der Waals surface area contributed by atoms with Gasteiger partial charge in [-0.15, -0.1) is 0 Å². The van der Waals surface area contributed by atoms with E-state index in [9.17, 15) is 0 Å². The Morgan fingerprint density at radius 3 is 0.205 bits per heavy atom. The number of hydrogen-bond donors (Lipinski definition) is 18. The molecule has 39 heteroatoms. The Morgan fingerprint density at radius 1 is 0.205 bits per heavy atom. The van der Waals surface area contributed by atoms with Crippen molar-refractivity contribution in [2.75, 3.05) is 0 Å². The monoisotopic (exact) mass is 822 g/mol. The molecule has 0 fully saturated rings. The van der Waals surface area contributed by atoms with Crippen molar-refractivity contribution in [3.63, 3.8) is 0 Å². The van der Waals surface area contributed by atoms with E-state index < -0.39 is 46.9 Å². The van der Waals surface area contributed by atoms with Crippen LogP contribution in [0.4, 0.5) is 0 Å². The van der Waals surface area contributed by atoms with Gasteiger partial charge < -0.3 is 116 Å². The van der Waals surface area contributed by atoms with Gasteiger partial charge in [0.05, 0.1) is 0 Å². The maximum atomic E-state index is 8.88. The van der Waals surface area contributed by atoms with Crippen LogP contribution in [0.2, 0.25) is 0 Å². The second-order valence-electron chi connectivity index (χ2n) is 3.08. The molecule has 0 rings (SSSR count). The Morgan fingerprint density at radius 2 is 0.205 bits per heavy atom. The molecule has 0 aromatic heterocycles. The number of hydrogen-bond acceptors (Lipinski definition) is 6. The van der Waals surface area contributed by atoms with Crippen LogP contribution in [0.15, 0.2) is 0 Å². The summed E-state index contributed by atoms with van der Waals surface area (Å²) in [6.45, 7) is 0. The van der Waals surface area contributed by atoms with Crippen molar-refractivity contribution in [2.45, 2.75) is 0 Å². The van der Waals surface area contributed by atoms with Crippen molar-refractivity contribution < 1.29 is 144 Å². The summed E-state index contributed by atoms with van der Waals surface area (Å²) >= 11 is 0. The maximum absolute atomic E-state index is 8.88. The van der Waals surface area contributed by atoms with Gasteiger partial charge in [-0.1, -0.05) is 0 Å². The van der Waals surface area contributed by atoms with Gasteiger partial charge in [0, 0.05) is 0 Å². The van der Waals surface area contributed by atoms with Crippen molar-refractivity contribution in [3.8, 4) is 0 Å². The molecule has 0 aliphatic heterocycles. The molecule has 0 amide bonds. The van der Waals surface area contributed by atoms with E-state index in [-0.39, 0.29) is 141 Å². The first kappa shape index (κ1) is 96.7. The summed E-state index contributed by atoms with van der Waals surface area (Å²) in [5.41, 5.74) is 0. The van der Waals surface area contributed by atoms with Gasteiger partial charge in [-0.3, -0.25) is 0 Å². The van der Waals surface area contributed by atoms with Crippen molar-refractivity contribution in [1.82, 2.24) is 0 Å². The minimum Gasteiger partial charge on any atom is -1.00 e. The van der Waals surface area contributed by atoms with Crippen LogP contribution in [-0.2, 0) is 27.4 Å². The molecule has 0 atom stereocenters. The fourth-order valence-corrected chi connectivity index (χ4v) is 0. The summed E-state index contributed by atoms with van der Waals surface area (Å²) in [5, 5.41) is 0. The molecule has 18 N–H and O–H groups in total. The molecule has 0 bridgehead atoms. The summed E-state index contributed by atoms with van der Waals surface area (Å²) in [6, 6.07) is 0. The molecule has 0 aliphatic carbocycles. The van der Waals surface area contributed by atoms with Crippen LogP contribution < -0.4 is 28.2 Å². The molecule has 0 radical (unpaired) electrons. The van der Waals surface area contributed by atoms with E-state index >= 15 is 0 Å². The Kier molecular flexibility index (Phi) is 110. The van der Waals surface area contributed by atoms with Gasteiger partial charge in [0.25, 0.3) is 0 Å². The van der Waals surface area contributed by atoms with E-state index in [4.69, 9.17) is 115 Å². The molecule has 39 heavy (non-hydrogen) atoms. The molecule has 0 spiro atoms. The molecule has 0 aromatic rings. The molecular formula is H18Ca3F6O24P6. The Balaban J connectivity index is -0.0000000130. The standard InChI is InChI=1S/3Ca.6FH.6H3O4P/c;;;;;;;;;6*1-5(2,3)4/h;;;6*1H;6*(H3,1,2,3,4)/q3*+2;;;;;;;;;;;;/p-6. The van der Waals surface area contributed by atoms with Crippen LogP contribution in [0.3, 0.4) is 0 Å². The van der Waals surface area contributed by atoms with Crippen LogP contribution in [0.1, 0.15) is 0 Å². The average molecular weight is 822 g/mol. The zero-order chi connectivity index (χ0) is 27.0. The van der Waals surface area contributed by atoms with Gasteiger partial charge in [-0.25, -0.2) is 27.4 Å². The van der Waals surface area contributed by atoms with Crippen molar-refractivity contribution in [3.05, 3.63) is 0 Å². The largest absolute Gasteiger partial charge is 2.00 e. The summed E-state index contributed by atoms with van der Waals surface area (Å²) in [7, 11) is -27.8. The second-order valence-corrected chi connectivity index (χ2v) is 9.24. The van der Waals surface area contributed by atoms with E-state index in [0.29, 0.717) is 0 Å². The summed E-state index contributed by atoms with van der Waals surface area (Å²) < 4.78 is 53.3. The fourth-order valence-electron chi connectivity index (χ4n) is 0. The minimum absolute atomic E-state index is 0. The van der Waals surface area contributed by atoms with Gasteiger partial charge in [-0.05, 0) is 0 Å². The normalized spacial score (nSPS) is 9.08. The van der Waals surface area contributed by atoms with Crippen LogP contribution >= 0.6 is 46.9 Å². The topological polar surface area (TPSA) is 467 Å². The predicted molar refractivity (Wildman–Crippen MR) is 103 cm³/mol. The third kappa shape index (κ3) is 4170. The SMILES string of the molecule is O=P(O)(O)O.O=P(O)(O)O.O=P(O)(O)O.O=P(O)(O)O.O=P(O)(O)O.O=P(O)(O)O.[Ca+2].[Ca+2].[Ca+2].[F-].[F-].[F-].[F-].[F-].[F-]. The molecule has 240 valence electrons. The fraction of sp³-hybridized carbons (Fsp3) is 0. The molecular weight excluding hydrogens is 804 g/mol. The third-order valence-electron chi connectivity index (χ3n) is 0. The quantitative estimate of drug-likeness (QED) is 0.0612. The van der Waals surface area contributed by atoms with Crippen LogP contribution in [0, 0.1) is 0 Å². The van der Waals surface area contributed by atoms with Gasteiger partial charge >= 0.3 is 160 Å². The number of halogens is 6. The first-order valence-corrected chi connectivity index (χ1v) is 14.1. The van der Waals surface area contributed by atoms with E-state index in [1.807, 2.05) is 0 Å². The van der Waals surface area contributed by atoms with Crippen molar-refractivity contribution >= 4 is 160 Å². The first-order valence-electron chi connectivity index (χ1n) is 4.70. The van der Waals surface area contributed by atoms with Gasteiger partial charge in [0.2, 0.25) is 0 Å². The van der Waals surface area contributed by atoms with Crippen molar-refractivity contribution in [2.24, 2.45) is 0 Å². The molecule has 0 unspecified atom stereocenters. The van der Waals surface area contributed by atoms with Crippen LogP contribution in [0.25, 0.3) is 0 Å². The van der Waals surface area contributed by atoms with E-state index in [1.54, 1.807) is 0 Å². The minimum atomic E-state index is -4.64. The first-order chi connectivity index (χ1) is 12.0. The molecule has 0 aliphatic rings.